The van der Waals surface area contributed by atoms with E-state index in [1.54, 1.807) is 12.3 Å². The molecule has 2 aromatic rings. The van der Waals surface area contributed by atoms with E-state index in [2.05, 4.69) is 31.2 Å². The summed E-state index contributed by atoms with van der Waals surface area (Å²) in [6.07, 6.45) is 1.60. The van der Waals surface area contributed by atoms with Crippen molar-refractivity contribution < 1.29 is 9.53 Å². The Morgan fingerprint density at radius 3 is 2.77 bits per heavy atom. The van der Waals surface area contributed by atoms with Gasteiger partial charge in [0.25, 0.3) is 5.91 Å². The molecule has 2 heterocycles. The highest BCUT2D eigenvalue weighted by Crippen LogP contribution is 2.21. The van der Waals surface area contributed by atoms with Crippen LogP contribution in [-0.2, 0) is 4.74 Å². The first-order valence-electron chi connectivity index (χ1n) is 6.95. The number of carbonyl (C=O) groups excluding carboxylic acids is 1. The van der Waals surface area contributed by atoms with Gasteiger partial charge < -0.3 is 15.0 Å². The van der Waals surface area contributed by atoms with Crippen LogP contribution in [0.25, 0.3) is 0 Å². The molecule has 0 bridgehead atoms. The molecule has 1 fully saturated rings. The molecule has 0 aliphatic carbocycles. The second kappa shape index (κ2) is 6.85. The molecule has 1 aliphatic heterocycles. The van der Waals surface area contributed by atoms with Gasteiger partial charge in [-0.25, -0.2) is 9.97 Å². The van der Waals surface area contributed by atoms with E-state index in [1.165, 1.54) is 0 Å². The third kappa shape index (κ3) is 3.42. The van der Waals surface area contributed by atoms with Crippen molar-refractivity contribution in [2.45, 2.75) is 0 Å². The number of rotatable bonds is 3. The normalized spacial score (nSPS) is 14.7. The number of amides is 1. The molecule has 6 nitrogen and oxygen atoms in total. The van der Waals surface area contributed by atoms with E-state index in [-0.39, 0.29) is 5.91 Å². The third-order valence-corrected chi connectivity index (χ3v) is 3.98. The number of carbonyl (C=O) groups is 1. The molecule has 0 unspecified atom stereocenters. The minimum absolute atomic E-state index is 0.260. The summed E-state index contributed by atoms with van der Waals surface area (Å²) in [5.74, 6) is 0.298. The summed E-state index contributed by atoms with van der Waals surface area (Å²) in [5, 5.41) is 2.84. The van der Waals surface area contributed by atoms with Crippen molar-refractivity contribution in [3.8, 4) is 0 Å². The molecule has 0 atom stereocenters. The zero-order valence-corrected chi connectivity index (χ0v) is 13.4. The number of benzene rings is 1. The zero-order chi connectivity index (χ0) is 15.4. The van der Waals surface area contributed by atoms with Gasteiger partial charge >= 0.3 is 0 Å². The van der Waals surface area contributed by atoms with E-state index < -0.39 is 0 Å². The van der Waals surface area contributed by atoms with Gasteiger partial charge in [-0.15, -0.1) is 0 Å². The van der Waals surface area contributed by atoms with Gasteiger partial charge in [0.1, 0.15) is 5.69 Å². The smallest absolute Gasteiger partial charge is 0.274 e. The van der Waals surface area contributed by atoms with Gasteiger partial charge in [0.15, 0.2) is 0 Å². The van der Waals surface area contributed by atoms with Gasteiger partial charge in [0.05, 0.1) is 18.9 Å². The molecule has 1 aliphatic rings. The van der Waals surface area contributed by atoms with Crippen LogP contribution in [0.1, 0.15) is 10.5 Å². The van der Waals surface area contributed by atoms with Crippen LogP contribution in [0.3, 0.4) is 0 Å². The van der Waals surface area contributed by atoms with Crippen LogP contribution >= 0.6 is 15.9 Å². The summed E-state index contributed by atoms with van der Waals surface area (Å²) in [4.78, 5) is 22.9. The summed E-state index contributed by atoms with van der Waals surface area (Å²) in [6.45, 7) is 2.76. The van der Waals surface area contributed by atoms with E-state index in [1.807, 2.05) is 29.2 Å². The Morgan fingerprint density at radius 1 is 1.23 bits per heavy atom. The third-order valence-electron chi connectivity index (χ3n) is 3.29. The van der Waals surface area contributed by atoms with Gasteiger partial charge in [-0.2, -0.15) is 0 Å². The van der Waals surface area contributed by atoms with Gasteiger partial charge in [0.2, 0.25) is 5.95 Å². The lowest BCUT2D eigenvalue weighted by atomic mass is 10.3. The van der Waals surface area contributed by atoms with Crippen LogP contribution in [0.15, 0.2) is 41.0 Å². The molecule has 1 N–H and O–H groups in total. The van der Waals surface area contributed by atoms with Gasteiger partial charge in [-0.1, -0.05) is 12.1 Å². The Kier molecular flexibility index (Phi) is 4.65. The van der Waals surface area contributed by atoms with Crippen LogP contribution < -0.4 is 10.2 Å². The molecule has 0 saturated carbocycles. The van der Waals surface area contributed by atoms with Crippen molar-refractivity contribution in [1.29, 1.82) is 0 Å². The highest BCUT2D eigenvalue weighted by atomic mass is 79.9. The largest absolute Gasteiger partial charge is 0.378 e. The minimum atomic E-state index is -0.260. The fraction of sp³-hybridized carbons (Fsp3) is 0.267. The average Bonchev–Trinajstić information content (AvgIpc) is 2.58. The molecule has 1 amide bonds. The number of morpholine rings is 1. The minimum Gasteiger partial charge on any atom is -0.378 e. The maximum atomic E-state index is 12.3. The highest BCUT2D eigenvalue weighted by Gasteiger charge is 2.16. The fourth-order valence-electron chi connectivity index (χ4n) is 2.14. The monoisotopic (exact) mass is 362 g/mol. The summed E-state index contributed by atoms with van der Waals surface area (Å²) < 4.78 is 6.13. The predicted octanol–water partition coefficient (Wildman–Crippen LogP) is 2.33. The van der Waals surface area contributed by atoms with Crippen molar-refractivity contribution in [2.24, 2.45) is 0 Å². The maximum Gasteiger partial charge on any atom is 0.274 e. The van der Waals surface area contributed by atoms with Crippen molar-refractivity contribution in [3.63, 3.8) is 0 Å². The lowest BCUT2D eigenvalue weighted by molar-refractivity contribution is 0.102. The van der Waals surface area contributed by atoms with Gasteiger partial charge in [-0.3, -0.25) is 4.79 Å². The zero-order valence-electron chi connectivity index (χ0n) is 11.8. The number of ether oxygens (including phenoxy) is 1. The second-order valence-corrected chi connectivity index (χ2v) is 5.63. The van der Waals surface area contributed by atoms with Gasteiger partial charge in [0, 0.05) is 23.8 Å². The van der Waals surface area contributed by atoms with Crippen molar-refractivity contribution in [3.05, 3.63) is 46.7 Å². The van der Waals surface area contributed by atoms with Crippen molar-refractivity contribution >= 4 is 33.5 Å². The summed E-state index contributed by atoms with van der Waals surface area (Å²) in [6, 6.07) is 9.05. The van der Waals surface area contributed by atoms with E-state index in [4.69, 9.17) is 4.74 Å². The number of anilines is 2. The molecule has 1 aromatic heterocycles. The number of hydrogen-bond acceptors (Lipinski definition) is 5. The Balaban J connectivity index is 1.76. The highest BCUT2D eigenvalue weighted by molar-refractivity contribution is 9.10. The van der Waals surface area contributed by atoms with Crippen LogP contribution in [0.5, 0.6) is 0 Å². The Hall–Kier alpha value is -1.99. The Morgan fingerprint density at radius 2 is 2.00 bits per heavy atom. The van der Waals surface area contributed by atoms with Gasteiger partial charge in [-0.05, 0) is 34.1 Å². The second-order valence-electron chi connectivity index (χ2n) is 4.78. The van der Waals surface area contributed by atoms with Crippen molar-refractivity contribution in [1.82, 2.24) is 9.97 Å². The molecule has 0 spiro atoms. The standard InChI is InChI=1S/C15H15BrN4O2/c16-11-3-1-2-4-12(11)18-14(21)13-5-6-17-15(19-13)20-7-9-22-10-8-20/h1-6H,7-10H2,(H,18,21). The molecular weight excluding hydrogens is 348 g/mol. The molecule has 0 radical (unpaired) electrons. The molecule has 3 rings (SSSR count). The van der Waals surface area contributed by atoms with Crippen LogP contribution in [0.4, 0.5) is 11.6 Å². The number of nitrogens with one attached hydrogen (secondary N) is 1. The van der Waals surface area contributed by atoms with E-state index >= 15 is 0 Å². The summed E-state index contributed by atoms with van der Waals surface area (Å²) in [7, 11) is 0. The predicted molar refractivity (Wildman–Crippen MR) is 87.2 cm³/mol. The molecule has 114 valence electrons. The first-order valence-corrected chi connectivity index (χ1v) is 7.75. The first kappa shape index (κ1) is 14.9. The molecule has 1 aromatic carbocycles. The number of nitrogens with zero attached hydrogens (tertiary/aromatic N) is 3. The summed E-state index contributed by atoms with van der Waals surface area (Å²) in [5.41, 5.74) is 1.05. The molecule has 1 saturated heterocycles. The lowest BCUT2D eigenvalue weighted by Gasteiger charge is -2.26. The Labute approximate surface area is 136 Å². The quantitative estimate of drug-likeness (QED) is 0.907. The number of para-hydroxylation sites is 1. The lowest BCUT2D eigenvalue weighted by Crippen LogP contribution is -2.37. The maximum absolute atomic E-state index is 12.3. The number of halogens is 1. The fourth-order valence-corrected chi connectivity index (χ4v) is 2.52. The number of hydrogen-bond donors (Lipinski definition) is 1. The SMILES string of the molecule is O=C(Nc1ccccc1Br)c1ccnc(N2CCOCC2)n1. The van der Waals surface area contributed by atoms with E-state index in [0.717, 1.165) is 17.6 Å². The number of aromatic nitrogens is 2. The van der Waals surface area contributed by atoms with Crippen LogP contribution in [-0.4, -0.2) is 42.2 Å². The van der Waals surface area contributed by atoms with Crippen molar-refractivity contribution in [2.75, 3.05) is 36.5 Å². The van der Waals surface area contributed by atoms with E-state index in [0.29, 0.717) is 30.5 Å². The topological polar surface area (TPSA) is 67.4 Å². The van der Waals surface area contributed by atoms with E-state index in [9.17, 15) is 4.79 Å². The Bertz CT molecular complexity index is 674. The summed E-state index contributed by atoms with van der Waals surface area (Å²) >= 11 is 3.40. The average molecular weight is 363 g/mol. The molecular formula is C15H15BrN4O2. The first-order chi connectivity index (χ1) is 10.7. The molecule has 22 heavy (non-hydrogen) atoms. The van der Waals surface area contributed by atoms with Crippen LogP contribution in [0, 0.1) is 0 Å². The molecule has 7 heteroatoms. The van der Waals surface area contributed by atoms with Crippen LogP contribution in [0.2, 0.25) is 0 Å².